The van der Waals surface area contributed by atoms with Gasteiger partial charge in [0.15, 0.2) is 0 Å². The molecule has 7 nitrogen and oxygen atoms in total. The fraction of sp³-hybridized carbons (Fsp3) is 0.385. The van der Waals surface area contributed by atoms with Gasteiger partial charge in [-0.05, 0) is 45.1 Å². The second-order valence-electron chi connectivity index (χ2n) is 5.00. The number of nitrogens with two attached hydrogens (primary N) is 1. The molecule has 0 saturated heterocycles. The van der Waals surface area contributed by atoms with Crippen LogP contribution in [0.25, 0.3) is 0 Å². The number of hydrazine groups is 1. The number of aliphatic imine (C=N–C) groups is 1. The Labute approximate surface area is 148 Å². The van der Waals surface area contributed by atoms with Crippen LogP contribution in [0.1, 0.15) is 19.4 Å². The summed E-state index contributed by atoms with van der Waals surface area (Å²) in [4.78, 5) is 4.21. The van der Waals surface area contributed by atoms with Crippen LogP contribution in [-0.4, -0.2) is 37.6 Å². The molecule has 0 aliphatic heterocycles. The molecule has 0 aliphatic rings. The summed E-state index contributed by atoms with van der Waals surface area (Å²) in [7, 11) is -2.19. The van der Waals surface area contributed by atoms with Gasteiger partial charge in [-0.15, -0.1) is 12.4 Å². The van der Waals surface area contributed by atoms with Crippen molar-refractivity contribution in [1.29, 1.82) is 0 Å². The first-order valence-electron chi connectivity index (χ1n) is 6.59. The zero-order valence-electron chi connectivity index (χ0n) is 13.4. The number of nitrogens with one attached hydrogen (secondary N) is 2. The molecular weight excluding hydrogens is 358 g/mol. The van der Waals surface area contributed by atoms with Crippen LogP contribution in [0.3, 0.4) is 0 Å². The van der Waals surface area contributed by atoms with Crippen molar-refractivity contribution in [3.05, 3.63) is 29.8 Å². The highest BCUT2D eigenvalue weighted by Crippen LogP contribution is 2.09. The Balaban J connectivity index is 0.00000484. The molecule has 1 aromatic rings. The number of benzene rings is 1. The van der Waals surface area contributed by atoms with E-state index in [1.54, 1.807) is 19.2 Å². The predicted octanol–water partition coefficient (Wildman–Crippen LogP) is 1.14. The Morgan fingerprint density at radius 2 is 1.83 bits per heavy atom. The van der Waals surface area contributed by atoms with E-state index in [0.29, 0.717) is 0 Å². The molecule has 0 aromatic heterocycles. The Morgan fingerprint density at radius 3 is 2.30 bits per heavy atom. The van der Waals surface area contributed by atoms with Crippen molar-refractivity contribution in [1.82, 2.24) is 15.2 Å². The number of nitrogens with zero attached hydrogens (tertiary/aromatic N) is 2. The second kappa shape index (κ2) is 8.90. The van der Waals surface area contributed by atoms with Crippen LogP contribution in [0, 0.1) is 6.92 Å². The molecule has 0 heterocycles. The normalized spacial score (nSPS) is 11.6. The first-order chi connectivity index (χ1) is 10.1. The molecule has 0 amide bonds. The standard InChI is InChI=1S/C13H21N5O2S2.ClH/c1-9(2)15-12(14)16-18(4)13(21)17-22(19,20)11-7-5-10(3)6-8-11;/h5-9H,1-4H3,(H,17,21)(H3,14,15,16);1H. The van der Waals surface area contributed by atoms with E-state index in [1.807, 2.05) is 20.8 Å². The molecule has 0 saturated carbocycles. The average molecular weight is 380 g/mol. The SMILES string of the molecule is Cc1ccc(S(=O)(=O)NC(=S)N(C)NC(N)=NC(C)C)cc1.Cl. The summed E-state index contributed by atoms with van der Waals surface area (Å²) >= 11 is 5.05. The number of halogens is 1. The second-order valence-corrected chi connectivity index (χ2v) is 7.07. The van der Waals surface area contributed by atoms with E-state index in [-0.39, 0.29) is 34.4 Å². The van der Waals surface area contributed by atoms with Crippen LogP contribution in [-0.2, 0) is 10.0 Å². The molecule has 10 heteroatoms. The van der Waals surface area contributed by atoms with Gasteiger partial charge >= 0.3 is 0 Å². The van der Waals surface area contributed by atoms with Gasteiger partial charge in [0.05, 0.1) is 4.90 Å². The van der Waals surface area contributed by atoms with Gasteiger partial charge in [-0.1, -0.05) is 17.7 Å². The molecule has 0 aliphatic carbocycles. The smallest absolute Gasteiger partial charge is 0.263 e. The van der Waals surface area contributed by atoms with E-state index in [2.05, 4.69) is 15.1 Å². The molecule has 0 unspecified atom stereocenters. The van der Waals surface area contributed by atoms with Crippen LogP contribution in [0.4, 0.5) is 0 Å². The summed E-state index contributed by atoms with van der Waals surface area (Å²) in [6, 6.07) is 6.48. The van der Waals surface area contributed by atoms with Gasteiger partial charge in [-0.2, -0.15) is 0 Å². The van der Waals surface area contributed by atoms with E-state index in [0.717, 1.165) is 5.56 Å². The van der Waals surface area contributed by atoms with Gasteiger partial charge in [-0.3, -0.25) is 15.2 Å². The fourth-order valence-electron chi connectivity index (χ4n) is 1.49. The minimum absolute atomic E-state index is 0. The maximum absolute atomic E-state index is 12.2. The van der Waals surface area contributed by atoms with Crippen LogP contribution < -0.4 is 15.9 Å². The number of guanidine groups is 1. The summed E-state index contributed by atoms with van der Waals surface area (Å²) in [6.07, 6.45) is 0. The molecule has 0 fully saturated rings. The van der Waals surface area contributed by atoms with Crippen molar-refractivity contribution < 1.29 is 8.42 Å². The minimum atomic E-state index is -3.73. The van der Waals surface area contributed by atoms with Crippen LogP contribution in [0.2, 0.25) is 0 Å². The van der Waals surface area contributed by atoms with Gasteiger partial charge in [-0.25, -0.2) is 13.4 Å². The Morgan fingerprint density at radius 1 is 1.30 bits per heavy atom. The maximum Gasteiger partial charge on any atom is 0.263 e. The van der Waals surface area contributed by atoms with Crippen LogP contribution >= 0.6 is 24.6 Å². The molecule has 130 valence electrons. The first-order valence-corrected chi connectivity index (χ1v) is 8.48. The Hall–Kier alpha value is -1.58. The fourth-order valence-corrected chi connectivity index (χ4v) is 2.84. The summed E-state index contributed by atoms with van der Waals surface area (Å²) in [5.41, 5.74) is 9.32. The van der Waals surface area contributed by atoms with E-state index < -0.39 is 10.0 Å². The molecule has 1 rings (SSSR count). The third-order valence-electron chi connectivity index (χ3n) is 2.54. The number of hydrogen-bond acceptors (Lipinski definition) is 4. The molecule has 0 radical (unpaired) electrons. The number of hydrogen-bond donors (Lipinski definition) is 3. The first kappa shape index (κ1) is 21.4. The lowest BCUT2D eigenvalue weighted by atomic mass is 10.2. The predicted molar refractivity (Wildman–Crippen MR) is 99.0 cm³/mol. The number of sulfonamides is 1. The van der Waals surface area contributed by atoms with Gasteiger partial charge < -0.3 is 5.73 Å². The molecule has 0 spiro atoms. The largest absolute Gasteiger partial charge is 0.369 e. The van der Waals surface area contributed by atoms with E-state index in [9.17, 15) is 8.42 Å². The van der Waals surface area contributed by atoms with Gasteiger partial charge in [0.1, 0.15) is 0 Å². The lowest BCUT2D eigenvalue weighted by molar-refractivity contribution is 0.450. The molecule has 0 bridgehead atoms. The monoisotopic (exact) mass is 379 g/mol. The zero-order valence-corrected chi connectivity index (χ0v) is 15.8. The van der Waals surface area contributed by atoms with E-state index in [4.69, 9.17) is 18.0 Å². The Kier molecular flexibility index (Phi) is 8.29. The molecule has 1 aromatic carbocycles. The maximum atomic E-state index is 12.2. The quantitative estimate of drug-likeness (QED) is 0.315. The minimum Gasteiger partial charge on any atom is -0.369 e. The van der Waals surface area contributed by atoms with E-state index in [1.165, 1.54) is 17.1 Å². The number of aryl methyl sites for hydroxylation is 1. The van der Waals surface area contributed by atoms with Gasteiger partial charge in [0, 0.05) is 13.1 Å². The highest BCUT2D eigenvalue weighted by Gasteiger charge is 2.17. The highest BCUT2D eigenvalue weighted by atomic mass is 35.5. The van der Waals surface area contributed by atoms with Gasteiger partial charge in [0.25, 0.3) is 10.0 Å². The average Bonchev–Trinajstić information content (AvgIpc) is 2.37. The lowest BCUT2D eigenvalue weighted by Gasteiger charge is -2.22. The van der Waals surface area contributed by atoms with Crippen molar-refractivity contribution in [2.45, 2.75) is 31.7 Å². The third-order valence-corrected chi connectivity index (χ3v) is 4.40. The van der Waals surface area contributed by atoms with Crippen molar-refractivity contribution in [2.24, 2.45) is 10.7 Å². The zero-order chi connectivity index (χ0) is 16.9. The number of rotatable bonds is 3. The summed E-state index contributed by atoms with van der Waals surface area (Å²) in [6.45, 7) is 5.61. The van der Waals surface area contributed by atoms with Crippen LogP contribution in [0.5, 0.6) is 0 Å². The summed E-state index contributed by atoms with van der Waals surface area (Å²) in [5.74, 6) is 0.148. The molecular formula is C13H22ClN5O2S2. The van der Waals surface area contributed by atoms with E-state index >= 15 is 0 Å². The summed E-state index contributed by atoms with van der Waals surface area (Å²) < 4.78 is 26.7. The summed E-state index contributed by atoms with van der Waals surface area (Å²) in [5, 5.41) is 1.24. The van der Waals surface area contributed by atoms with Crippen molar-refractivity contribution in [3.8, 4) is 0 Å². The molecule has 0 atom stereocenters. The van der Waals surface area contributed by atoms with Crippen molar-refractivity contribution >= 4 is 45.7 Å². The van der Waals surface area contributed by atoms with Gasteiger partial charge in [0.2, 0.25) is 11.1 Å². The Bertz CT molecular complexity index is 659. The third kappa shape index (κ3) is 7.02. The molecule has 4 N–H and O–H groups in total. The lowest BCUT2D eigenvalue weighted by Crippen LogP contribution is -2.51. The van der Waals surface area contributed by atoms with Crippen molar-refractivity contribution in [3.63, 3.8) is 0 Å². The topological polar surface area (TPSA) is 99.8 Å². The number of thiocarbonyl (C=S) groups is 1. The highest BCUT2D eigenvalue weighted by molar-refractivity contribution is 7.91. The van der Waals surface area contributed by atoms with Crippen molar-refractivity contribution in [2.75, 3.05) is 7.05 Å². The van der Waals surface area contributed by atoms with Crippen LogP contribution in [0.15, 0.2) is 34.2 Å². The molecule has 23 heavy (non-hydrogen) atoms.